The number of rotatable bonds is 6. The molecule has 0 spiro atoms. The Balaban J connectivity index is 1.24. The van der Waals surface area contributed by atoms with Crippen molar-refractivity contribution < 1.29 is 4.74 Å². The van der Waals surface area contributed by atoms with Gasteiger partial charge in [-0.25, -0.2) is 0 Å². The Morgan fingerprint density at radius 3 is 2.61 bits per heavy atom. The number of aromatic nitrogens is 6. The van der Waals surface area contributed by atoms with Gasteiger partial charge in [-0.05, 0) is 42.8 Å². The van der Waals surface area contributed by atoms with E-state index in [0.717, 1.165) is 55.6 Å². The van der Waals surface area contributed by atoms with E-state index in [0.29, 0.717) is 12.4 Å². The number of hydrogen-bond donors (Lipinski definition) is 2. The molecule has 184 valence electrons. The van der Waals surface area contributed by atoms with Crippen LogP contribution in [0.5, 0.6) is 5.75 Å². The monoisotopic (exact) mass is 514 g/mol. The number of aromatic amines is 2. The molecular weight excluding hydrogens is 492 g/mol. The Morgan fingerprint density at radius 2 is 1.74 bits per heavy atom. The summed E-state index contributed by atoms with van der Waals surface area (Å²) >= 11 is 1.77. The number of hydrogen-bond acceptors (Lipinski definition) is 6. The van der Waals surface area contributed by atoms with Gasteiger partial charge in [-0.3, -0.25) is 20.1 Å². The molecule has 0 aliphatic heterocycles. The maximum absolute atomic E-state index is 5.98. The first-order valence-electron chi connectivity index (χ1n) is 12.2. The second-order valence-electron chi connectivity index (χ2n) is 9.11. The van der Waals surface area contributed by atoms with Gasteiger partial charge in [0.2, 0.25) is 0 Å². The Kier molecular flexibility index (Phi) is 5.44. The van der Waals surface area contributed by atoms with Gasteiger partial charge in [0.05, 0.1) is 41.0 Å². The number of H-pyrrole nitrogens is 2. The predicted molar refractivity (Wildman–Crippen MR) is 151 cm³/mol. The van der Waals surface area contributed by atoms with Crippen molar-refractivity contribution in [2.24, 2.45) is 0 Å². The fraction of sp³-hybridized carbons (Fsp3) is 0.0667. The predicted octanol–water partition coefficient (Wildman–Crippen LogP) is 7.18. The first kappa shape index (κ1) is 22.4. The molecule has 8 heteroatoms. The molecule has 0 atom stereocenters. The molecule has 0 radical (unpaired) electrons. The minimum atomic E-state index is 0.479. The fourth-order valence-electron chi connectivity index (χ4n) is 4.61. The Bertz CT molecular complexity index is 1900. The zero-order valence-corrected chi connectivity index (χ0v) is 21.3. The molecule has 0 bridgehead atoms. The maximum atomic E-state index is 5.98. The van der Waals surface area contributed by atoms with E-state index in [-0.39, 0.29) is 0 Å². The van der Waals surface area contributed by atoms with Crippen molar-refractivity contribution in [3.05, 3.63) is 102 Å². The summed E-state index contributed by atoms with van der Waals surface area (Å²) < 4.78 is 5.98. The molecule has 6 aromatic heterocycles. The third kappa shape index (κ3) is 4.10. The van der Waals surface area contributed by atoms with Gasteiger partial charge in [0, 0.05) is 44.0 Å². The third-order valence-electron chi connectivity index (χ3n) is 6.51. The summed E-state index contributed by atoms with van der Waals surface area (Å²) in [5.41, 5.74) is 7.48. The molecule has 0 amide bonds. The molecule has 0 aliphatic carbocycles. The summed E-state index contributed by atoms with van der Waals surface area (Å²) in [5.74, 6) is 0.695. The third-order valence-corrected chi connectivity index (χ3v) is 7.55. The molecule has 2 N–H and O–H groups in total. The van der Waals surface area contributed by atoms with Crippen molar-refractivity contribution >= 4 is 33.1 Å². The molecule has 1 aromatic carbocycles. The van der Waals surface area contributed by atoms with Crippen molar-refractivity contribution in [1.82, 2.24) is 30.1 Å². The van der Waals surface area contributed by atoms with E-state index in [4.69, 9.17) is 4.74 Å². The van der Waals surface area contributed by atoms with E-state index in [2.05, 4.69) is 55.3 Å². The number of thiophene rings is 1. The van der Waals surface area contributed by atoms with Crippen molar-refractivity contribution in [3.63, 3.8) is 0 Å². The van der Waals surface area contributed by atoms with E-state index in [1.165, 1.54) is 9.75 Å². The quantitative estimate of drug-likeness (QED) is 0.245. The van der Waals surface area contributed by atoms with Gasteiger partial charge >= 0.3 is 0 Å². The molecule has 38 heavy (non-hydrogen) atoms. The highest BCUT2D eigenvalue weighted by Crippen LogP contribution is 2.36. The number of fused-ring (bicyclic) bond motifs is 2. The average molecular weight is 515 g/mol. The van der Waals surface area contributed by atoms with E-state index in [9.17, 15) is 0 Å². The zero-order chi connectivity index (χ0) is 25.5. The largest absolute Gasteiger partial charge is 0.487 e. The fourth-order valence-corrected chi connectivity index (χ4v) is 5.50. The molecule has 0 unspecified atom stereocenters. The maximum Gasteiger partial charge on any atom is 0.138 e. The van der Waals surface area contributed by atoms with E-state index >= 15 is 0 Å². The Morgan fingerprint density at radius 1 is 0.842 bits per heavy atom. The minimum Gasteiger partial charge on any atom is -0.487 e. The van der Waals surface area contributed by atoms with Crippen LogP contribution >= 0.6 is 11.3 Å². The van der Waals surface area contributed by atoms with Gasteiger partial charge in [-0.15, -0.1) is 11.3 Å². The van der Waals surface area contributed by atoms with Crippen LogP contribution in [0.3, 0.4) is 0 Å². The molecule has 6 heterocycles. The number of pyridine rings is 3. The molecule has 0 fully saturated rings. The highest BCUT2D eigenvalue weighted by Gasteiger charge is 2.16. The SMILES string of the molecule is Cc1ccc(-c2cncc3[nH]c(-c4n[nH]c5cnc(-c6cncc(OCc7ccccc7)c6)cc45)cc23)s1. The number of aryl methyl sites for hydroxylation is 1. The highest BCUT2D eigenvalue weighted by molar-refractivity contribution is 7.15. The lowest BCUT2D eigenvalue weighted by Crippen LogP contribution is -1.96. The lowest BCUT2D eigenvalue weighted by atomic mass is 10.1. The van der Waals surface area contributed by atoms with Gasteiger partial charge in [0.25, 0.3) is 0 Å². The van der Waals surface area contributed by atoms with Gasteiger partial charge in [-0.2, -0.15) is 5.10 Å². The van der Waals surface area contributed by atoms with Crippen molar-refractivity contribution in [2.75, 3.05) is 0 Å². The summed E-state index contributed by atoms with van der Waals surface area (Å²) in [6.07, 6.45) is 9.11. The van der Waals surface area contributed by atoms with Crippen LogP contribution < -0.4 is 4.74 Å². The second-order valence-corrected chi connectivity index (χ2v) is 10.4. The molecule has 7 aromatic rings. The van der Waals surface area contributed by atoms with Crippen molar-refractivity contribution in [1.29, 1.82) is 0 Å². The molecule has 7 rings (SSSR count). The Labute approximate surface area is 222 Å². The van der Waals surface area contributed by atoms with Crippen LogP contribution in [-0.2, 0) is 6.61 Å². The van der Waals surface area contributed by atoms with Gasteiger partial charge in [0.15, 0.2) is 0 Å². The molecule has 0 aliphatic rings. The van der Waals surface area contributed by atoms with Gasteiger partial charge < -0.3 is 9.72 Å². The summed E-state index contributed by atoms with van der Waals surface area (Å²) in [5, 5.41) is 9.84. The lowest BCUT2D eigenvalue weighted by molar-refractivity contribution is 0.305. The van der Waals surface area contributed by atoms with Gasteiger partial charge in [0.1, 0.15) is 18.1 Å². The topological polar surface area (TPSA) is 92.4 Å². The van der Waals surface area contributed by atoms with Crippen LogP contribution in [0, 0.1) is 6.92 Å². The normalized spacial score (nSPS) is 11.4. The minimum absolute atomic E-state index is 0.479. The lowest BCUT2D eigenvalue weighted by Gasteiger charge is -2.08. The van der Waals surface area contributed by atoms with E-state index in [1.807, 2.05) is 61.1 Å². The second kappa shape index (κ2) is 9.24. The van der Waals surface area contributed by atoms with Crippen molar-refractivity contribution in [3.8, 4) is 38.8 Å². The summed E-state index contributed by atoms with van der Waals surface area (Å²) in [6, 6.07) is 20.5. The number of nitrogens with one attached hydrogen (secondary N) is 2. The van der Waals surface area contributed by atoms with Crippen LogP contribution in [0.25, 0.3) is 54.9 Å². The number of ether oxygens (including phenoxy) is 1. The highest BCUT2D eigenvalue weighted by atomic mass is 32.1. The van der Waals surface area contributed by atoms with Gasteiger partial charge in [-0.1, -0.05) is 30.3 Å². The van der Waals surface area contributed by atoms with E-state index < -0.39 is 0 Å². The molecular formula is C30H22N6OS. The Hall–Kier alpha value is -4.82. The number of benzene rings is 1. The van der Waals surface area contributed by atoms with Crippen LogP contribution in [-0.4, -0.2) is 30.1 Å². The first-order chi connectivity index (χ1) is 18.7. The standard InChI is InChI=1S/C30H22N6OS/c1-18-7-8-29(38-18)24-14-32-15-27-22(24)10-26(34-27)30-23-11-25(33-16-28(23)35-36-30)20-9-21(13-31-12-20)37-17-19-5-3-2-4-6-19/h2-16,34H,17H2,1H3,(H,35,36). The van der Waals surface area contributed by atoms with Crippen molar-refractivity contribution in [2.45, 2.75) is 13.5 Å². The first-order valence-corrected chi connectivity index (χ1v) is 13.0. The summed E-state index contributed by atoms with van der Waals surface area (Å²) in [6.45, 7) is 2.60. The number of nitrogens with zero attached hydrogens (tertiary/aromatic N) is 4. The summed E-state index contributed by atoms with van der Waals surface area (Å²) in [4.78, 5) is 19.5. The molecule has 0 saturated heterocycles. The van der Waals surface area contributed by atoms with Crippen LogP contribution in [0.4, 0.5) is 0 Å². The molecule has 7 nitrogen and oxygen atoms in total. The average Bonchev–Trinajstić information content (AvgIpc) is 3.70. The smallest absolute Gasteiger partial charge is 0.138 e. The van der Waals surface area contributed by atoms with Crippen LogP contribution in [0.15, 0.2) is 91.6 Å². The molecule has 0 saturated carbocycles. The van der Waals surface area contributed by atoms with Crippen LogP contribution in [0.2, 0.25) is 0 Å². The van der Waals surface area contributed by atoms with E-state index in [1.54, 1.807) is 23.7 Å². The zero-order valence-electron chi connectivity index (χ0n) is 20.5. The van der Waals surface area contributed by atoms with Crippen LogP contribution in [0.1, 0.15) is 10.4 Å². The summed E-state index contributed by atoms with van der Waals surface area (Å²) in [7, 11) is 0.